The number of aromatic nitrogens is 1. The lowest BCUT2D eigenvalue weighted by molar-refractivity contribution is 0.271. The molecule has 4 heteroatoms. The van der Waals surface area contributed by atoms with Gasteiger partial charge < -0.3 is 5.32 Å². The van der Waals surface area contributed by atoms with Gasteiger partial charge in [0.05, 0.1) is 19.0 Å². The lowest BCUT2D eigenvalue weighted by atomic mass is 10.4. The van der Waals surface area contributed by atoms with Gasteiger partial charge in [0, 0.05) is 7.05 Å². The first kappa shape index (κ1) is 7.81. The minimum Gasteiger partial charge on any atom is -0.373 e. The molecule has 1 rings (SSSR count). The van der Waals surface area contributed by atoms with Crippen molar-refractivity contribution < 1.29 is 4.84 Å². The third kappa shape index (κ3) is 2.09. The number of hydrogen-bond acceptors (Lipinski definition) is 4. The van der Waals surface area contributed by atoms with Gasteiger partial charge in [-0.05, 0) is 12.1 Å². The topological polar surface area (TPSA) is 46.2 Å². The number of anilines is 2. The van der Waals surface area contributed by atoms with Gasteiger partial charge in [0.2, 0.25) is 0 Å². The molecule has 1 aromatic heterocycles. The maximum Gasteiger partial charge on any atom is 0.125 e. The van der Waals surface area contributed by atoms with Gasteiger partial charge in [0.1, 0.15) is 5.82 Å². The van der Waals surface area contributed by atoms with Crippen LogP contribution in [0.3, 0.4) is 0 Å². The van der Waals surface area contributed by atoms with Crippen LogP contribution in [0.15, 0.2) is 18.3 Å². The zero-order chi connectivity index (χ0) is 8.10. The van der Waals surface area contributed by atoms with Crippen LogP contribution in [0.1, 0.15) is 0 Å². The van der Waals surface area contributed by atoms with Crippen molar-refractivity contribution in [1.82, 2.24) is 4.98 Å². The van der Waals surface area contributed by atoms with Crippen molar-refractivity contribution >= 4 is 11.5 Å². The fourth-order valence-corrected chi connectivity index (χ4v) is 0.720. The SMILES string of the molecule is CNc1ccc(NOC)cn1. The second kappa shape index (κ2) is 3.78. The molecule has 4 nitrogen and oxygen atoms in total. The van der Waals surface area contributed by atoms with Crippen LogP contribution in [0, 0.1) is 0 Å². The monoisotopic (exact) mass is 153 g/mol. The van der Waals surface area contributed by atoms with E-state index in [4.69, 9.17) is 4.84 Å². The van der Waals surface area contributed by atoms with Crippen molar-refractivity contribution in [2.75, 3.05) is 25.0 Å². The lowest BCUT2D eigenvalue weighted by Gasteiger charge is -2.02. The Labute approximate surface area is 65.5 Å². The molecule has 0 spiro atoms. The van der Waals surface area contributed by atoms with E-state index in [1.54, 1.807) is 13.3 Å². The number of pyridine rings is 1. The number of nitrogens with one attached hydrogen (secondary N) is 2. The minimum absolute atomic E-state index is 0.839. The first-order chi connectivity index (χ1) is 5.36. The normalized spacial score (nSPS) is 9.27. The first-order valence-electron chi connectivity index (χ1n) is 3.29. The largest absolute Gasteiger partial charge is 0.373 e. The Hall–Kier alpha value is -1.29. The van der Waals surface area contributed by atoms with Crippen LogP contribution in [0.25, 0.3) is 0 Å². The zero-order valence-corrected chi connectivity index (χ0v) is 6.59. The van der Waals surface area contributed by atoms with Crippen LogP contribution in [-0.4, -0.2) is 19.1 Å². The van der Waals surface area contributed by atoms with E-state index >= 15 is 0 Å². The third-order valence-corrected chi connectivity index (χ3v) is 1.24. The molecule has 0 saturated carbocycles. The van der Waals surface area contributed by atoms with Crippen molar-refractivity contribution in [3.63, 3.8) is 0 Å². The molecular weight excluding hydrogens is 142 g/mol. The van der Waals surface area contributed by atoms with E-state index in [0.29, 0.717) is 0 Å². The Morgan fingerprint density at radius 2 is 2.27 bits per heavy atom. The first-order valence-corrected chi connectivity index (χ1v) is 3.29. The molecule has 0 bridgehead atoms. The molecule has 1 aromatic rings. The number of hydrogen-bond donors (Lipinski definition) is 2. The molecule has 0 atom stereocenters. The summed E-state index contributed by atoms with van der Waals surface area (Å²) >= 11 is 0. The smallest absolute Gasteiger partial charge is 0.125 e. The molecule has 0 unspecified atom stereocenters. The Kier molecular flexibility index (Phi) is 2.68. The summed E-state index contributed by atoms with van der Waals surface area (Å²) < 4.78 is 0. The predicted octanol–water partition coefficient (Wildman–Crippen LogP) is 1.10. The number of nitrogens with zero attached hydrogens (tertiary/aromatic N) is 1. The lowest BCUT2D eigenvalue weighted by Crippen LogP contribution is -1.97. The summed E-state index contributed by atoms with van der Waals surface area (Å²) in [6.45, 7) is 0. The Balaban J connectivity index is 2.66. The average molecular weight is 153 g/mol. The van der Waals surface area contributed by atoms with Crippen molar-refractivity contribution in [3.05, 3.63) is 18.3 Å². The highest BCUT2D eigenvalue weighted by Gasteiger charge is 1.90. The van der Waals surface area contributed by atoms with Crippen LogP contribution in [-0.2, 0) is 4.84 Å². The molecule has 0 saturated heterocycles. The van der Waals surface area contributed by atoms with Gasteiger partial charge in [-0.3, -0.25) is 10.3 Å². The summed E-state index contributed by atoms with van der Waals surface area (Å²) in [6, 6.07) is 3.74. The van der Waals surface area contributed by atoms with E-state index in [9.17, 15) is 0 Å². The van der Waals surface area contributed by atoms with Crippen LogP contribution in [0.4, 0.5) is 11.5 Å². The molecule has 11 heavy (non-hydrogen) atoms. The average Bonchev–Trinajstić information content (AvgIpc) is 2.07. The molecule has 0 aliphatic rings. The highest BCUT2D eigenvalue weighted by Crippen LogP contribution is 2.07. The summed E-state index contributed by atoms with van der Waals surface area (Å²) in [5.74, 6) is 0.839. The van der Waals surface area contributed by atoms with E-state index < -0.39 is 0 Å². The zero-order valence-electron chi connectivity index (χ0n) is 6.59. The van der Waals surface area contributed by atoms with Gasteiger partial charge in [-0.1, -0.05) is 0 Å². The maximum absolute atomic E-state index is 4.69. The fraction of sp³-hybridized carbons (Fsp3) is 0.286. The van der Waals surface area contributed by atoms with Crippen molar-refractivity contribution in [1.29, 1.82) is 0 Å². The molecule has 0 aromatic carbocycles. The highest BCUT2D eigenvalue weighted by atomic mass is 16.6. The molecule has 1 heterocycles. The maximum atomic E-state index is 4.69. The van der Waals surface area contributed by atoms with Gasteiger partial charge in [0.15, 0.2) is 0 Å². The van der Waals surface area contributed by atoms with Gasteiger partial charge in [-0.15, -0.1) is 0 Å². The molecule has 0 aliphatic heterocycles. The van der Waals surface area contributed by atoms with Crippen LogP contribution in [0.5, 0.6) is 0 Å². The predicted molar refractivity (Wildman–Crippen MR) is 44.4 cm³/mol. The van der Waals surface area contributed by atoms with Gasteiger partial charge >= 0.3 is 0 Å². The second-order valence-corrected chi connectivity index (χ2v) is 1.99. The fourth-order valence-electron chi connectivity index (χ4n) is 0.720. The summed E-state index contributed by atoms with van der Waals surface area (Å²) in [4.78, 5) is 8.75. The van der Waals surface area contributed by atoms with E-state index in [2.05, 4.69) is 15.8 Å². The molecule has 0 aliphatic carbocycles. The minimum atomic E-state index is 0.839. The van der Waals surface area contributed by atoms with Crippen molar-refractivity contribution in [2.45, 2.75) is 0 Å². The molecule has 60 valence electrons. The highest BCUT2D eigenvalue weighted by molar-refractivity contribution is 5.45. The third-order valence-electron chi connectivity index (χ3n) is 1.24. The van der Waals surface area contributed by atoms with Crippen LogP contribution >= 0.6 is 0 Å². The number of rotatable bonds is 3. The van der Waals surface area contributed by atoms with Crippen LogP contribution < -0.4 is 10.8 Å². The summed E-state index contributed by atoms with van der Waals surface area (Å²) in [6.07, 6.45) is 1.69. The molecular formula is C7H11N3O. The van der Waals surface area contributed by atoms with Crippen LogP contribution in [0.2, 0.25) is 0 Å². The molecule has 0 amide bonds. The summed E-state index contributed by atoms with van der Waals surface area (Å²) in [5, 5.41) is 2.92. The van der Waals surface area contributed by atoms with Crippen molar-refractivity contribution in [2.24, 2.45) is 0 Å². The standard InChI is InChI=1S/C7H11N3O/c1-8-7-4-3-6(5-9-7)10-11-2/h3-5,10H,1-2H3,(H,8,9). The van der Waals surface area contributed by atoms with E-state index in [1.165, 1.54) is 0 Å². The van der Waals surface area contributed by atoms with E-state index in [-0.39, 0.29) is 0 Å². The second-order valence-electron chi connectivity index (χ2n) is 1.99. The Bertz CT molecular complexity index is 209. The Morgan fingerprint density at radius 1 is 1.45 bits per heavy atom. The molecule has 0 fully saturated rings. The Morgan fingerprint density at radius 3 is 2.73 bits per heavy atom. The van der Waals surface area contributed by atoms with Crippen molar-refractivity contribution in [3.8, 4) is 0 Å². The quantitative estimate of drug-likeness (QED) is 0.638. The molecule has 2 N–H and O–H groups in total. The van der Waals surface area contributed by atoms with Gasteiger partial charge in [0.25, 0.3) is 0 Å². The molecule has 0 radical (unpaired) electrons. The summed E-state index contributed by atoms with van der Waals surface area (Å²) in [7, 11) is 3.39. The van der Waals surface area contributed by atoms with Gasteiger partial charge in [-0.2, -0.15) is 0 Å². The van der Waals surface area contributed by atoms with E-state index in [1.807, 2.05) is 19.2 Å². The van der Waals surface area contributed by atoms with Gasteiger partial charge in [-0.25, -0.2) is 4.98 Å². The van der Waals surface area contributed by atoms with E-state index in [0.717, 1.165) is 11.5 Å². The summed E-state index contributed by atoms with van der Waals surface area (Å²) in [5.41, 5.74) is 3.51.